The number of halogens is 2. The number of rotatable bonds is 5. The van der Waals surface area contributed by atoms with Crippen molar-refractivity contribution in [3.05, 3.63) is 71.3 Å². The third-order valence-corrected chi connectivity index (χ3v) is 4.99. The van der Waals surface area contributed by atoms with E-state index >= 15 is 0 Å². The molecule has 4 nitrogen and oxygen atoms in total. The minimum atomic E-state index is -0.612. The van der Waals surface area contributed by atoms with E-state index in [0.717, 1.165) is 6.07 Å². The number of hydrogen-bond donors (Lipinski definition) is 1. The van der Waals surface area contributed by atoms with Crippen LogP contribution in [0.5, 0.6) is 0 Å². The highest BCUT2D eigenvalue weighted by molar-refractivity contribution is 8.00. The van der Waals surface area contributed by atoms with E-state index in [9.17, 15) is 13.6 Å². The molecule has 1 aromatic heterocycles. The molecule has 8 heteroatoms. The molecule has 0 saturated heterocycles. The Kier molecular flexibility index (Phi) is 5.17. The normalized spacial score (nSPS) is 10.6. The van der Waals surface area contributed by atoms with Gasteiger partial charge in [0.05, 0.1) is 0 Å². The van der Waals surface area contributed by atoms with Gasteiger partial charge in [0, 0.05) is 17.4 Å². The first kappa shape index (κ1) is 16.5. The highest BCUT2D eigenvalue weighted by Crippen LogP contribution is 2.28. The second-order valence-electron chi connectivity index (χ2n) is 4.76. The number of benzene rings is 2. The minimum Gasteiger partial charge on any atom is -0.296 e. The van der Waals surface area contributed by atoms with Gasteiger partial charge in [-0.15, -0.1) is 10.2 Å². The molecule has 0 aliphatic rings. The van der Waals surface area contributed by atoms with E-state index in [0.29, 0.717) is 26.4 Å². The van der Waals surface area contributed by atoms with E-state index in [1.807, 2.05) is 6.07 Å². The zero-order chi connectivity index (χ0) is 16.9. The highest BCUT2D eigenvalue weighted by Gasteiger charge is 2.10. The van der Waals surface area contributed by atoms with E-state index in [4.69, 9.17) is 0 Å². The molecule has 0 aliphatic heterocycles. The Bertz CT molecular complexity index is 835. The first-order valence-corrected chi connectivity index (χ1v) is 8.68. The number of thioether (sulfide) groups is 1. The van der Waals surface area contributed by atoms with Crippen molar-refractivity contribution in [2.45, 2.75) is 10.1 Å². The average Bonchev–Trinajstić information content (AvgIpc) is 3.00. The molecule has 0 bridgehead atoms. The van der Waals surface area contributed by atoms with Gasteiger partial charge in [-0.05, 0) is 29.8 Å². The lowest BCUT2D eigenvalue weighted by Crippen LogP contribution is -2.11. The summed E-state index contributed by atoms with van der Waals surface area (Å²) in [6.07, 6.45) is 0. The standard InChI is InChI=1S/C16H11F2N3OS2/c17-12-6-10(7-13(18)8-12)9-23-16-21-20-15(24-16)19-14(22)11-4-2-1-3-5-11/h1-8H,9H2,(H,19,20,22). The zero-order valence-corrected chi connectivity index (χ0v) is 13.8. The van der Waals surface area contributed by atoms with Crippen molar-refractivity contribution >= 4 is 34.1 Å². The summed E-state index contributed by atoms with van der Waals surface area (Å²) in [6.45, 7) is 0. The van der Waals surface area contributed by atoms with Crippen molar-refractivity contribution in [2.75, 3.05) is 5.32 Å². The van der Waals surface area contributed by atoms with E-state index in [2.05, 4.69) is 15.5 Å². The molecule has 0 aliphatic carbocycles. The van der Waals surface area contributed by atoms with Crippen molar-refractivity contribution in [3.63, 3.8) is 0 Å². The molecule has 0 fully saturated rings. The van der Waals surface area contributed by atoms with Crippen LogP contribution >= 0.6 is 23.1 Å². The van der Waals surface area contributed by atoms with E-state index in [1.54, 1.807) is 24.3 Å². The summed E-state index contributed by atoms with van der Waals surface area (Å²) in [7, 11) is 0. The quantitative estimate of drug-likeness (QED) is 0.540. The Labute approximate surface area is 144 Å². The zero-order valence-electron chi connectivity index (χ0n) is 12.2. The van der Waals surface area contributed by atoms with E-state index in [-0.39, 0.29) is 5.91 Å². The molecule has 3 aromatic rings. The molecule has 0 spiro atoms. The first-order valence-electron chi connectivity index (χ1n) is 6.88. The van der Waals surface area contributed by atoms with Crippen LogP contribution in [-0.4, -0.2) is 16.1 Å². The van der Waals surface area contributed by atoms with Crippen LogP contribution in [0.4, 0.5) is 13.9 Å². The minimum absolute atomic E-state index is 0.268. The molecule has 0 unspecified atom stereocenters. The molecule has 1 N–H and O–H groups in total. The number of carbonyl (C=O) groups excluding carboxylic acids is 1. The fraction of sp³-hybridized carbons (Fsp3) is 0.0625. The Morgan fingerprint density at radius 2 is 1.79 bits per heavy atom. The summed E-state index contributed by atoms with van der Waals surface area (Å²) in [5.41, 5.74) is 1.04. The lowest BCUT2D eigenvalue weighted by Gasteiger charge is -2.00. The maximum Gasteiger partial charge on any atom is 0.257 e. The summed E-state index contributed by atoms with van der Waals surface area (Å²) < 4.78 is 26.9. The van der Waals surface area contributed by atoms with Crippen LogP contribution in [0.3, 0.4) is 0 Å². The third-order valence-electron chi connectivity index (χ3n) is 2.95. The van der Waals surface area contributed by atoms with Crippen LogP contribution < -0.4 is 5.32 Å². The third kappa shape index (κ3) is 4.36. The Balaban J connectivity index is 1.60. The lowest BCUT2D eigenvalue weighted by atomic mass is 10.2. The second kappa shape index (κ2) is 7.50. The molecule has 1 amide bonds. The maximum atomic E-state index is 13.1. The number of aromatic nitrogens is 2. The average molecular weight is 363 g/mol. The van der Waals surface area contributed by atoms with Crippen molar-refractivity contribution in [3.8, 4) is 0 Å². The lowest BCUT2D eigenvalue weighted by molar-refractivity contribution is 0.102. The van der Waals surface area contributed by atoms with Gasteiger partial charge in [0.2, 0.25) is 5.13 Å². The SMILES string of the molecule is O=C(Nc1nnc(SCc2cc(F)cc(F)c2)s1)c1ccccc1. The smallest absolute Gasteiger partial charge is 0.257 e. The van der Waals surface area contributed by atoms with Crippen LogP contribution in [0.2, 0.25) is 0 Å². The monoisotopic (exact) mass is 363 g/mol. The second-order valence-corrected chi connectivity index (χ2v) is 6.96. The molecular formula is C16H11F2N3OS2. The fourth-order valence-corrected chi connectivity index (χ4v) is 3.59. The van der Waals surface area contributed by atoms with E-state index < -0.39 is 11.6 Å². The van der Waals surface area contributed by atoms with Crippen molar-refractivity contribution in [1.82, 2.24) is 10.2 Å². The van der Waals surface area contributed by atoms with Gasteiger partial charge < -0.3 is 0 Å². The van der Waals surface area contributed by atoms with Crippen LogP contribution in [0.25, 0.3) is 0 Å². The van der Waals surface area contributed by atoms with Crippen molar-refractivity contribution in [1.29, 1.82) is 0 Å². The molecule has 24 heavy (non-hydrogen) atoms. The van der Waals surface area contributed by atoms with Crippen LogP contribution in [0.1, 0.15) is 15.9 Å². The molecule has 0 radical (unpaired) electrons. The predicted octanol–water partition coefficient (Wildman–Crippen LogP) is 4.36. The predicted molar refractivity (Wildman–Crippen MR) is 90.2 cm³/mol. The molecule has 2 aromatic carbocycles. The van der Waals surface area contributed by atoms with Gasteiger partial charge in [0.25, 0.3) is 5.91 Å². The molecular weight excluding hydrogens is 352 g/mol. The summed E-state index contributed by atoms with van der Waals surface area (Å²) in [4.78, 5) is 12.0. The Morgan fingerprint density at radius 1 is 1.08 bits per heavy atom. The van der Waals surface area contributed by atoms with Crippen molar-refractivity contribution in [2.24, 2.45) is 0 Å². The molecule has 0 saturated carbocycles. The van der Waals surface area contributed by atoms with Crippen molar-refractivity contribution < 1.29 is 13.6 Å². The number of nitrogens with one attached hydrogen (secondary N) is 1. The fourth-order valence-electron chi connectivity index (χ4n) is 1.92. The van der Waals surface area contributed by atoms with Gasteiger partial charge >= 0.3 is 0 Å². The molecule has 1 heterocycles. The summed E-state index contributed by atoms with van der Waals surface area (Å²) in [6, 6.07) is 12.1. The number of carbonyl (C=O) groups is 1. The number of nitrogens with zero attached hydrogens (tertiary/aromatic N) is 2. The number of amides is 1. The summed E-state index contributed by atoms with van der Waals surface area (Å²) in [5.74, 6) is -1.14. The van der Waals surface area contributed by atoms with E-state index in [1.165, 1.54) is 35.2 Å². The Hall–Kier alpha value is -2.32. The first-order chi connectivity index (χ1) is 11.6. The van der Waals surface area contributed by atoms with Crippen LogP contribution in [-0.2, 0) is 5.75 Å². The topological polar surface area (TPSA) is 54.9 Å². The largest absolute Gasteiger partial charge is 0.296 e. The van der Waals surface area contributed by atoms with Gasteiger partial charge in [-0.1, -0.05) is 41.3 Å². The highest BCUT2D eigenvalue weighted by atomic mass is 32.2. The van der Waals surface area contributed by atoms with Gasteiger partial charge in [-0.3, -0.25) is 10.1 Å². The van der Waals surface area contributed by atoms with Gasteiger partial charge in [-0.25, -0.2) is 8.78 Å². The van der Waals surface area contributed by atoms with Crippen LogP contribution in [0, 0.1) is 11.6 Å². The van der Waals surface area contributed by atoms with Gasteiger partial charge in [0.1, 0.15) is 11.6 Å². The summed E-state index contributed by atoms with van der Waals surface area (Å²) in [5, 5.41) is 10.9. The summed E-state index contributed by atoms with van der Waals surface area (Å²) >= 11 is 2.50. The number of anilines is 1. The number of hydrogen-bond acceptors (Lipinski definition) is 5. The molecule has 0 atom stereocenters. The van der Waals surface area contributed by atoms with Crippen LogP contribution in [0.15, 0.2) is 52.9 Å². The van der Waals surface area contributed by atoms with Gasteiger partial charge in [0.15, 0.2) is 4.34 Å². The molecule has 3 rings (SSSR count). The van der Waals surface area contributed by atoms with Gasteiger partial charge in [-0.2, -0.15) is 0 Å². The maximum absolute atomic E-state index is 13.1. The molecule has 122 valence electrons. The Morgan fingerprint density at radius 3 is 2.50 bits per heavy atom.